The van der Waals surface area contributed by atoms with Crippen LogP contribution >= 0.6 is 0 Å². The summed E-state index contributed by atoms with van der Waals surface area (Å²) >= 11 is 0. The van der Waals surface area contributed by atoms with Gasteiger partial charge < -0.3 is 11.1 Å². The van der Waals surface area contributed by atoms with Gasteiger partial charge >= 0.3 is 0 Å². The molecule has 4 aromatic heterocycles. The van der Waals surface area contributed by atoms with Crippen LogP contribution in [0.5, 0.6) is 0 Å². The van der Waals surface area contributed by atoms with Crippen molar-refractivity contribution in [3.05, 3.63) is 64.0 Å². The normalized spacial score (nSPS) is 12.2. The van der Waals surface area contributed by atoms with Crippen LogP contribution in [-0.4, -0.2) is 44.9 Å². The second-order valence-electron chi connectivity index (χ2n) is 8.11. The fourth-order valence-electron chi connectivity index (χ4n) is 4.02. The molecular formula is C22H23N11O. The maximum Gasteiger partial charge on any atom is 0.264 e. The largest absolute Gasteiger partial charge is 0.383 e. The van der Waals surface area contributed by atoms with E-state index in [4.69, 9.17) is 5.73 Å². The van der Waals surface area contributed by atoms with E-state index in [1.807, 2.05) is 51.1 Å². The zero-order chi connectivity index (χ0) is 24.0. The molecule has 12 heteroatoms. The lowest BCUT2D eigenvalue weighted by molar-refractivity contribution is 0.630. The molecule has 172 valence electrons. The van der Waals surface area contributed by atoms with Crippen LogP contribution in [0.4, 0.5) is 11.6 Å². The third kappa shape index (κ3) is 3.54. The van der Waals surface area contributed by atoms with E-state index in [1.165, 1.54) is 11.1 Å². The SMILES string of the molecule is Cc1cc(-n2c(C(C)Nc3ncnc(N)c3-c3nnn(C)n3)cc3cccc(C)c3c2=O)n[nH]1. The van der Waals surface area contributed by atoms with Crippen LogP contribution in [-0.2, 0) is 7.05 Å². The fourth-order valence-corrected chi connectivity index (χ4v) is 4.02. The molecule has 0 saturated carbocycles. The number of aromatic nitrogens is 9. The van der Waals surface area contributed by atoms with Crippen molar-refractivity contribution < 1.29 is 0 Å². The lowest BCUT2D eigenvalue weighted by Crippen LogP contribution is -2.26. The van der Waals surface area contributed by atoms with Gasteiger partial charge in [-0.15, -0.1) is 10.2 Å². The Hall–Kier alpha value is -4.61. The summed E-state index contributed by atoms with van der Waals surface area (Å²) in [5.74, 6) is 1.45. The number of nitrogens with one attached hydrogen (secondary N) is 2. The first-order chi connectivity index (χ1) is 16.3. The summed E-state index contributed by atoms with van der Waals surface area (Å²) in [4.78, 5) is 23.5. The molecule has 0 aliphatic heterocycles. The average Bonchev–Trinajstić information content (AvgIpc) is 3.41. The van der Waals surface area contributed by atoms with E-state index in [2.05, 4.69) is 40.9 Å². The molecule has 0 aliphatic carbocycles. The van der Waals surface area contributed by atoms with Crippen LogP contribution < -0.4 is 16.6 Å². The monoisotopic (exact) mass is 457 g/mol. The molecule has 0 aliphatic rings. The number of hydrogen-bond donors (Lipinski definition) is 3. The Balaban J connectivity index is 1.67. The molecule has 1 aromatic carbocycles. The number of hydrogen-bond acceptors (Lipinski definition) is 9. The number of nitrogens with two attached hydrogens (primary N) is 1. The van der Waals surface area contributed by atoms with E-state index in [-0.39, 0.29) is 17.4 Å². The van der Waals surface area contributed by atoms with Crippen molar-refractivity contribution in [3.8, 4) is 17.2 Å². The predicted octanol–water partition coefficient (Wildman–Crippen LogP) is 2.07. The molecule has 0 spiro atoms. The molecule has 0 fully saturated rings. The van der Waals surface area contributed by atoms with E-state index >= 15 is 0 Å². The Bertz CT molecular complexity index is 1580. The van der Waals surface area contributed by atoms with Crippen molar-refractivity contribution in [2.45, 2.75) is 26.8 Å². The number of tetrazole rings is 1. The first kappa shape index (κ1) is 21.2. The maximum atomic E-state index is 13.7. The first-order valence-corrected chi connectivity index (χ1v) is 10.6. The second-order valence-corrected chi connectivity index (χ2v) is 8.11. The summed E-state index contributed by atoms with van der Waals surface area (Å²) in [6.45, 7) is 5.74. The summed E-state index contributed by atoms with van der Waals surface area (Å²) in [6, 6.07) is 9.23. The molecule has 12 nitrogen and oxygen atoms in total. The van der Waals surface area contributed by atoms with Gasteiger partial charge in [-0.3, -0.25) is 14.5 Å². The van der Waals surface area contributed by atoms with Gasteiger partial charge in [0.1, 0.15) is 23.5 Å². The third-order valence-electron chi connectivity index (χ3n) is 5.61. The minimum Gasteiger partial charge on any atom is -0.383 e. The van der Waals surface area contributed by atoms with Crippen molar-refractivity contribution >= 4 is 22.4 Å². The molecule has 1 atom stereocenters. The standard InChI is InChI=1S/C22H23N11O/c1-11-6-5-7-14-9-15(33(22(34)17(11)14)16-8-12(2)27-28-16)13(3)26-20-18(19(23)24-10-25-20)21-29-31-32(4)30-21/h5-10,13H,1-4H3,(H,27,28)(H3,23,24,25,26). The summed E-state index contributed by atoms with van der Waals surface area (Å²) in [5.41, 5.74) is 8.87. The van der Waals surface area contributed by atoms with Crippen molar-refractivity contribution in [2.75, 3.05) is 11.1 Å². The molecule has 0 saturated heterocycles. The summed E-state index contributed by atoms with van der Waals surface area (Å²) in [6.07, 6.45) is 1.36. The number of benzene rings is 1. The van der Waals surface area contributed by atoms with E-state index in [0.29, 0.717) is 34.1 Å². The number of rotatable bonds is 5. The van der Waals surface area contributed by atoms with Gasteiger partial charge in [-0.2, -0.15) is 9.90 Å². The Kier molecular flexibility index (Phi) is 5.04. The smallest absolute Gasteiger partial charge is 0.264 e. The lowest BCUT2D eigenvalue weighted by atomic mass is 10.0. The van der Waals surface area contributed by atoms with Crippen LogP contribution in [0, 0.1) is 13.8 Å². The molecule has 0 amide bonds. The number of fused-ring (bicyclic) bond motifs is 1. The van der Waals surface area contributed by atoms with Gasteiger partial charge in [0.2, 0.25) is 5.82 Å². The molecular weight excluding hydrogens is 434 g/mol. The lowest BCUT2D eigenvalue weighted by Gasteiger charge is -2.21. The number of H-pyrrole nitrogens is 1. The molecule has 1 unspecified atom stereocenters. The fraction of sp³-hybridized carbons (Fsp3) is 0.227. The number of aromatic amines is 1. The molecule has 4 heterocycles. The zero-order valence-electron chi connectivity index (χ0n) is 19.1. The highest BCUT2D eigenvalue weighted by Crippen LogP contribution is 2.31. The molecule has 4 N–H and O–H groups in total. The van der Waals surface area contributed by atoms with Gasteiger partial charge in [-0.1, -0.05) is 18.2 Å². The van der Waals surface area contributed by atoms with Gasteiger partial charge in [-0.05, 0) is 43.0 Å². The zero-order valence-corrected chi connectivity index (χ0v) is 19.1. The molecule has 5 rings (SSSR count). The van der Waals surface area contributed by atoms with Gasteiger partial charge in [0, 0.05) is 11.8 Å². The van der Waals surface area contributed by atoms with Crippen molar-refractivity contribution in [1.82, 2.24) is 44.9 Å². The molecule has 0 bridgehead atoms. The summed E-state index contributed by atoms with van der Waals surface area (Å²) in [7, 11) is 1.66. The van der Waals surface area contributed by atoms with E-state index in [0.717, 1.165) is 16.6 Å². The Morgan fingerprint density at radius 2 is 2.00 bits per heavy atom. The van der Waals surface area contributed by atoms with Gasteiger partial charge in [0.15, 0.2) is 5.82 Å². The second kappa shape index (κ2) is 8.06. The quantitative estimate of drug-likeness (QED) is 0.359. The molecule has 34 heavy (non-hydrogen) atoms. The minimum atomic E-state index is -0.376. The highest BCUT2D eigenvalue weighted by molar-refractivity contribution is 5.86. The minimum absolute atomic E-state index is 0.149. The number of pyridine rings is 1. The first-order valence-electron chi connectivity index (χ1n) is 10.6. The van der Waals surface area contributed by atoms with Gasteiger partial charge in [0.25, 0.3) is 5.56 Å². The van der Waals surface area contributed by atoms with E-state index in [1.54, 1.807) is 11.6 Å². The number of aryl methyl sites for hydroxylation is 3. The number of nitrogens with zero attached hydrogens (tertiary/aromatic N) is 8. The number of nitrogen functional groups attached to an aromatic ring is 1. The number of anilines is 2. The van der Waals surface area contributed by atoms with Crippen LogP contribution in [0.3, 0.4) is 0 Å². The van der Waals surface area contributed by atoms with Crippen molar-refractivity contribution in [2.24, 2.45) is 7.05 Å². The predicted molar refractivity (Wildman–Crippen MR) is 127 cm³/mol. The highest BCUT2D eigenvalue weighted by atomic mass is 16.1. The van der Waals surface area contributed by atoms with Crippen LogP contribution in [0.2, 0.25) is 0 Å². The van der Waals surface area contributed by atoms with Gasteiger partial charge in [0.05, 0.1) is 24.2 Å². The van der Waals surface area contributed by atoms with E-state index in [9.17, 15) is 4.79 Å². The Labute approximate surface area is 193 Å². The van der Waals surface area contributed by atoms with Crippen molar-refractivity contribution in [3.63, 3.8) is 0 Å². The summed E-state index contributed by atoms with van der Waals surface area (Å²) in [5, 5.41) is 24.3. The summed E-state index contributed by atoms with van der Waals surface area (Å²) < 4.78 is 1.61. The molecule has 0 radical (unpaired) electrons. The molecule has 5 aromatic rings. The highest BCUT2D eigenvalue weighted by Gasteiger charge is 2.22. The Morgan fingerprint density at radius 1 is 1.18 bits per heavy atom. The maximum absolute atomic E-state index is 13.7. The van der Waals surface area contributed by atoms with Gasteiger partial charge in [-0.25, -0.2) is 9.97 Å². The van der Waals surface area contributed by atoms with E-state index < -0.39 is 0 Å². The van der Waals surface area contributed by atoms with Crippen LogP contribution in [0.1, 0.15) is 29.9 Å². The Morgan fingerprint density at radius 3 is 2.71 bits per heavy atom. The van der Waals surface area contributed by atoms with Crippen molar-refractivity contribution in [1.29, 1.82) is 0 Å². The van der Waals surface area contributed by atoms with Crippen LogP contribution in [0.25, 0.3) is 28.0 Å². The third-order valence-corrected chi connectivity index (χ3v) is 5.61. The van der Waals surface area contributed by atoms with Crippen LogP contribution in [0.15, 0.2) is 41.5 Å². The topological polar surface area (TPSA) is 158 Å². The average molecular weight is 458 g/mol.